The van der Waals surface area contributed by atoms with Gasteiger partial charge < -0.3 is 15.1 Å². The van der Waals surface area contributed by atoms with Gasteiger partial charge in [0.25, 0.3) is 0 Å². The van der Waals surface area contributed by atoms with Gasteiger partial charge in [0.1, 0.15) is 0 Å². The number of likely N-dealkylation sites (tertiary alicyclic amines) is 2. The molecule has 2 saturated heterocycles. The molecule has 0 aromatic heterocycles. The monoisotopic (exact) mass is 335 g/mol. The summed E-state index contributed by atoms with van der Waals surface area (Å²) >= 11 is 0. The van der Waals surface area contributed by atoms with Crippen molar-refractivity contribution >= 4 is 17.7 Å². The Morgan fingerprint density at radius 1 is 1.12 bits per heavy atom. The molecule has 3 fully saturated rings. The number of carbonyl (C=O) groups is 3. The lowest BCUT2D eigenvalue weighted by molar-refractivity contribution is -0.138. The van der Waals surface area contributed by atoms with Crippen LogP contribution < -0.4 is 5.32 Å². The predicted octanol–water partition coefficient (Wildman–Crippen LogP) is 1.15. The van der Waals surface area contributed by atoms with Crippen molar-refractivity contribution in [3.05, 3.63) is 0 Å². The zero-order valence-electron chi connectivity index (χ0n) is 14.7. The Hall–Kier alpha value is -1.59. The maximum Gasteiger partial charge on any atom is 0.241 e. The molecule has 3 rings (SSSR count). The van der Waals surface area contributed by atoms with E-state index in [9.17, 15) is 14.4 Å². The maximum atomic E-state index is 13.0. The molecule has 0 bridgehead atoms. The fourth-order valence-corrected chi connectivity index (χ4v) is 4.27. The molecule has 1 spiro atoms. The lowest BCUT2D eigenvalue weighted by Crippen LogP contribution is -2.41. The summed E-state index contributed by atoms with van der Waals surface area (Å²) in [5.41, 5.74) is -0.243. The lowest BCUT2D eigenvalue weighted by atomic mass is 9.79. The quantitative estimate of drug-likeness (QED) is 0.838. The average Bonchev–Trinajstić information content (AvgIpc) is 2.70. The first-order valence-corrected chi connectivity index (χ1v) is 9.32. The largest absolute Gasteiger partial charge is 0.347 e. The minimum Gasteiger partial charge on any atom is -0.347 e. The van der Waals surface area contributed by atoms with Crippen LogP contribution >= 0.6 is 0 Å². The van der Waals surface area contributed by atoms with Gasteiger partial charge in [0, 0.05) is 33.1 Å². The van der Waals surface area contributed by atoms with Crippen LogP contribution in [0.25, 0.3) is 0 Å². The van der Waals surface area contributed by atoms with E-state index in [4.69, 9.17) is 0 Å². The topological polar surface area (TPSA) is 69.7 Å². The number of nitrogens with one attached hydrogen (secondary N) is 1. The van der Waals surface area contributed by atoms with Crippen molar-refractivity contribution in [2.45, 2.75) is 51.9 Å². The second-order valence-corrected chi connectivity index (χ2v) is 7.72. The highest BCUT2D eigenvalue weighted by Gasteiger charge is 2.47. The normalized spacial score (nSPS) is 28.0. The van der Waals surface area contributed by atoms with Crippen LogP contribution in [0.15, 0.2) is 0 Å². The van der Waals surface area contributed by atoms with Gasteiger partial charge in [-0.05, 0) is 44.4 Å². The van der Waals surface area contributed by atoms with E-state index in [0.717, 1.165) is 38.8 Å². The Morgan fingerprint density at radius 3 is 2.54 bits per heavy atom. The molecule has 1 aliphatic carbocycles. The summed E-state index contributed by atoms with van der Waals surface area (Å²) in [6, 6.07) is 0. The van der Waals surface area contributed by atoms with Crippen molar-refractivity contribution in [3.8, 4) is 0 Å². The van der Waals surface area contributed by atoms with Gasteiger partial charge in [-0.2, -0.15) is 0 Å². The first kappa shape index (κ1) is 17.2. The molecule has 3 amide bonds. The van der Waals surface area contributed by atoms with E-state index in [1.165, 1.54) is 26.2 Å². The van der Waals surface area contributed by atoms with Gasteiger partial charge >= 0.3 is 0 Å². The average molecular weight is 335 g/mol. The molecular weight excluding hydrogens is 306 g/mol. The first-order chi connectivity index (χ1) is 11.5. The molecule has 1 atom stereocenters. The van der Waals surface area contributed by atoms with Crippen LogP contribution in [0.4, 0.5) is 0 Å². The number of amides is 3. The lowest BCUT2D eigenvalue weighted by Gasteiger charge is -2.32. The summed E-state index contributed by atoms with van der Waals surface area (Å²) in [4.78, 5) is 40.0. The summed E-state index contributed by atoms with van der Waals surface area (Å²) in [5.74, 6) is 0.808. The maximum absolute atomic E-state index is 13.0. The molecule has 6 heteroatoms. The zero-order valence-corrected chi connectivity index (χ0v) is 14.7. The van der Waals surface area contributed by atoms with Gasteiger partial charge in [-0.1, -0.05) is 6.42 Å². The molecule has 1 N–H and O–H groups in total. The molecule has 2 aliphatic heterocycles. The summed E-state index contributed by atoms with van der Waals surface area (Å²) < 4.78 is 0. The van der Waals surface area contributed by atoms with Crippen LogP contribution in [-0.2, 0) is 14.4 Å². The van der Waals surface area contributed by atoms with Gasteiger partial charge in [0.05, 0.1) is 12.0 Å². The number of nitrogens with zero attached hydrogens (tertiary/aromatic N) is 2. The standard InChI is InChI=1S/C18H29N3O3/c1-14(22)19-12-16(23)20-9-3-6-18(7-10-20)8-11-21(17(18)24)13-15-4-2-5-15/h15H,2-13H2,1H3,(H,19,22)/t18-/m1/s1. The molecule has 3 aliphatic rings. The Kier molecular flexibility index (Phi) is 5.11. The smallest absolute Gasteiger partial charge is 0.241 e. The Bertz CT molecular complexity index is 518. The van der Waals surface area contributed by atoms with Gasteiger partial charge in [-0.25, -0.2) is 0 Å². The summed E-state index contributed by atoms with van der Waals surface area (Å²) in [7, 11) is 0. The highest BCUT2D eigenvalue weighted by atomic mass is 16.2. The molecule has 6 nitrogen and oxygen atoms in total. The number of hydrogen-bond donors (Lipinski definition) is 1. The molecular formula is C18H29N3O3. The highest BCUT2D eigenvalue weighted by Crippen LogP contribution is 2.42. The summed E-state index contributed by atoms with van der Waals surface area (Å²) in [6.07, 6.45) is 7.30. The molecule has 0 radical (unpaired) electrons. The van der Waals surface area contributed by atoms with Crippen molar-refractivity contribution in [1.82, 2.24) is 15.1 Å². The van der Waals surface area contributed by atoms with Gasteiger partial charge in [0.15, 0.2) is 0 Å². The molecule has 0 aromatic carbocycles. The first-order valence-electron chi connectivity index (χ1n) is 9.32. The molecule has 134 valence electrons. The third-order valence-electron chi connectivity index (χ3n) is 6.09. The van der Waals surface area contributed by atoms with Crippen molar-refractivity contribution in [1.29, 1.82) is 0 Å². The molecule has 0 aromatic rings. The van der Waals surface area contributed by atoms with Gasteiger partial charge in [0.2, 0.25) is 17.7 Å². The van der Waals surface area contributed by atoms with Crippen LogP contribution in [0.5, 0.6) is 0 Å². The third kappa shape index (κ3) is 3.57. The van der Waals surface area contributed by atoms with Crippen molar-refractivity contribution in [2.75, 3.05) is 32.7 Å². The van der Waals surface area contributed by atoms with E-state index < -0.39 is 0 Å². The Morgan fingerprint density at radius 2 is 1.88 bits per heavy atom. The minimum atomic E-state index is -0.243. The summed E-state index contributed by atoms with van der Waals surface area (Å²) in [6.45, 7) is 4.61. The molecule has 1 saturated carbocycles. The fraction of sp³-hybridized carbons (Fsp3) is 0.833. The van der Waals surface area contributed by atoms with Crippen LogP contribution in [-0.4, -0.2) is 60.2 Å². The Balaban J connectivity index is 1.55. The van der Waals surface area contributed by atoms with Crippen LogP contribution in [0.2, 0.25) is 0 Å². The molecule has 24 heavy (non-hydrogen) atoms. The number of rotatable bonds is 4. The van der Waals surface area contributed by atoms with Crippen molar-refractivity contribution in [2.24, 2.45) is 11.3 Å². The number of carbonyl (C=O) groups excluding carboxylic acids is 3. The fourth-order valence-electron chi connectivity index (χ4n) is 4.27. The van der Waals surface area contributed by atoms with Crippen LogP contribution in [0.3, 0.4) is 0 Å². The van der Waals surface area contributed by atoms with E-state index in [2.05, 4.69) is 10.2 Å². The zero-order chi connectivity index (χ0) is 17.2. The predicted molar refractivity (Wildman–Crippen MR) is 90.1 cm³/mol. The van der Waals surface area contributed by atoms with Crippen molar-refractivity contribution in [3.63, 3.8) is 0 Å². The molecule has 0 unspecified atom stereocenters. The van der Waals surface area contributed by atoms with Crippen LogP contribution in [0, 0.1) is 11.3 Å². The second-order valence-electron chi connectivity index (χ2n) is 7.72. The Labute approximate surface area is 143 Å². The highest BCUT2D eigenvalue weighted by molar-refractivity contribution is 5.86. The SMILES string of the molecule is CC(=O)NCC(=O)N1CCC[C@@]2(CC1)CCN(CC1CCC1)C2=O. The van der Waals surface area contributed by atoms with E-state index in [0.29, 0.717) is 24.9 Å². The van der Waals surface area contributed by atoms with E-state index in [1.54, 1.807) is 0 Å². The van der Waals surface area contributed by atoms with Gasteiger partial charge in [-0.15, -0.1) is 0 Å². The third-order valence-corrected chi connectivity index (χ3v) is 6.09. The second kappa shape index (κ2) is 7.11. The molecule has 2 heterocycles. The van der Waals surface area contributed by atoms with E-state index >= 15 is 0 Å². The van der Waals surface area contributed by atoms with Crippen LogP contribution in [0.1, 0.15) is 51.9 Å². The minimum absolute atomic E-state index is 0.0426. The van der Waals surface area contributed by atoms with Gasteiger partial charge in [-0.3, -0.25) is 14.4 Å². The van der Waals surface area contributed by atoms with E-state index in [-0.39, 0.29) is 23.8 Å². The summed E-state index contributed by atoms with van der Waals surface area (Å²) in [5, 5.41) is 2.57. The van der Waals surface area contributed by atoms with Crippen molar-refractivity contribution < 1.29 is 14.4 Å². The van der Waals surface area contributed by atoms with E-state index in [1.807, 2.05) is 4.90 Å². The number of hydrogen-bond acceptors (Lipinski definition) is 3.